The van der Waals surface area contributed by atoms with Gasteiger partial charge < -0.3 is 20.5 Å². The Kier molecular flexibility index (Phi) is 5.66. The highest BCUT2D eigenvalue weighted by atomic mass is 35.5. The molecular weight excluding hydrogens is 350 g/mol. The van der Waals surface area contributed by atoms with Gasteiger partial charge in [-0.05, 0) is 12.1 Å². The average molecular weight is 366 g/mol. The van der Waals surface area contributed by atoms with Crippen molar-refractivity contribution >= 4 is 28.9 Å². The highest BCUT2D eigenvalue weighted by Crippen LogP contribution is 2.36. The quantitative estimate of drug-likeness (QED) is 0.575. The number of rotatable bonds is 7. The molecule has 0 heterocycles. The Morgan fingerprint density at radius 2 is 1.92 bits per heavy atom. The first kappa shape index (κ1) is 18.3. The van der Waals surface area contributed by atoms with Gasteiger partial charge in [0.15, 0.2) is 0 Å². The number of nitrogens with one attached hydrogen (secondary N) is 1. The molecule has 3 N–H and O–H groups in total. The molecule has 0 saturated heterocycles. The summed E-state index contributed by atoms with van der Waals surface area (Å²) in [6.45, 7) is 0.122. The number of nitrogens with zero attached hydrogens (tertiary/aromatic N) is 1. The molecule has 132 valence electrons. The lowest BCUT2D eigenvalue weighted by Gasteiger charge is -2.14. The summed E-state index contributed by atoms with van der Waals surface area (Å²) in [5.74, 6) is 0.164. The monoisotopic (exact) mass is 365 g/mol. The first-order valence-corrected chi connectivity index (χ1v) is 7.47. The highest BCUT2D eigenvalue weighted by Gasteiger charge is 2.17. The van der Waals surface area contributed by atoms with Crippen molar-refractivity contribution in [3.63, 3.8) is 0 Å². The van der Waals surface area contributed by atoms with Crippen molar-refractivity contribution < 1.29 is 19.2 Å². The zero-order valence-electron chi connectivity index (χ0n) is 13.5. The molecule has 1 amide bonds. The number of hydrogen-bond acceptors (Lipinski definition) is 6. The maximum Gasteiger partial charge on any atom is 0.275 e. The molecule has 0 aliphatic rings. The zero-order chi connectivity index (χ0) is 18.6. The molecule has 25 heavy (non-hydrogen) atoms. The maximum absolute atomic E-state index is 11.2. The zero-order valence-corrected chi connectivity index (χ0v) is 14.3. The number of hydrogen-bond donors (Lipinski definition) is 2. The third-order valence-electron chi connectivity index (χ3n) is 3.51. The van der Waals surface area contributed by atoms with Gasteiger partial charge in [0, 0.05) is 35.9 Å². The van der Waals surface area contributed by atoms with Crippen LogP contribution in [0.2, 0.25) is 5.02 Å². The van der Waals surface area contributed by atoms with Crippen molar-refractivity contribution in [2.24, 2.45) is 5.73 Å². The Bertz CT molecular complexity index is 826. The number of halogens is 1. The highest BCUT2D eigenvalue weighted by molar-refractivity contribution is 6.32. The first-order valence-electron chi connectivity index (χ1n) is 7.10. The number of primary amides is 1. The Morgan fingerprint density at radius 1 is 1.24 bits per heavy atom. The molecule has 0 fully saturated rings. The molecule has 0 spiro atoms. The fraction of sp³-hybridized carbons (Fsp3) is 0.188. The first-order chi connectivity index (χ1) is 11.9. The minimum atomic E-state index is -0.730. The normalized spacial score (nSPS) is 10.2. The van der Waals surface area contributed by atoms with E-state index in [1.54, 1.807) is 12.1 Å². The van der Waals surface area contributed by atoms with E-state index < -0.39 is 10.8 Å². The van der Waals surface area contributed by atoms with Crippen LogP contribution in [-0.4, -0.2) is 25.1 Å². The van der Waals surface area contributed by atoms with Gasteiger partial charge in [0.1, 0.15) is 11.5 Å². The van der Waals surface area contributed by atoms with Gasteiger partial charge in [-0.2, -0.15) is 0 Å². The molecule has 2 aromatic carbocycles. The molecule has 0 aliphatic carbocycles. The smallest absolute Gasteiger partial charge is 0.275 e. The van der Waals surface area contributed by atoms with E-state index in [0.717, 1.165) is 6.07 Å². The van der Waals surface area contributed by atoms with Gasteiger partial charge >= 0.3 is 0 Å². The second-order valence-corrected chi connectivity index (χ2v) is 5.41. The summed E-state index contributed by atoms with van der Waals surface area (Å²) in [4.78, 5) is 21.9. The molecule has 2 aromatic rings. The number of carbonyl (C=O) groups excluding carboxylic acids is 1. The van der Waals surface area contributed by atoms with Crippen LogP contribution in [0.5, 0.6) is 11.5 Å². The van der Waals surface area contributed by atoms with Gasteiger partial charge in [0.25, 0.3) is 5.69 Å². The summed E-state index contributed by atoms with van der Waals surface area (Å²) >= 11 is 6.05. The van der Waals surface area contributed by atoms with E-state index in [4.69, 9.17) is 26.8 Å². The number of nitro groups is 1. The molecule has 0 bridgehead atoms. The van der Waals surface area contributed by atoms with E-state index in [1.165, 1.54) is 26.4 Å². The standard InChI is InChI=1S/C16H16ClN3O5/c1-24-14-7-12(15(25-2)6-11(14)17)19-8-10-4-3-9(16(18)21)5-13(10)20(22)23/h3-7,19H,8H2,1-2H3,(H2,18,21). The average Bonchev–Trinajstić information content (AvgIpc) is 2.59. The second kappa shape index (κ2) is 7.71. The van der Waals surface area contributed by atoms with E-state index in [-0.39, 0.29) is 17.8 Å². The summed E-state index contributed by atoms with van der Waals surface area (Å²) < 4.78 is 10.4. The fourth-order valence-corrected chi connectivity index (χ4v) is 2.46. The van der Waals surface area contributed by atoms with Crippen LogP contribution in [0.3, 0.4) is 0 Å². The Balaban J connectivity index is 2.32. The predicted octanol–water partition coefficient (Wildman–Crippen LogP) is 2.98. The summed E-state index contributed by atoms with van der Waals surface area (Å²) in [5.41, 5.74) is 5.96. The number of amides is 1. The molecule has 0 saturated carbocycles. The van der Waals surface area contributed by atoms with Gasteiger partial charge in [-0.3, -0.25) is 14.9 Å². The molecule has 0 atom stereocenters. The van der Waals surface area contributed by atoms with Crippen molar-refractivity contribution in [1.29, 1.82) is 0 Å². The van der Waals surface area contributed by atoms with Gasteiger partial charge in [-0.25, -0.2) is 0 Å². The van der Waals surface area contributed by atoms with E-state index in [0.29, 0.717) is 27.8 Å². The number of anilines is 1. The number of carbonyl (C=O) groups is 1. The summed E-state index contributed by atoms with van der Waals surface area (Å²) in [7, 11) is 2.96. The van der Waals surface area contributed by atoms with Crippen LogP contribution >= 0.6 is 11.6 Å². The van der Waals surface area contributed by atoms with E-state index in [2.05, 4.69) is 5.32 Å². The maximum atomic E-state index is 11.2. The van der Waals surface area contributed by atoms with Crippen molar-refractivity contribution in [2.75, 3.05) is 19.5 Å². The van der Waals surface area contributed by atoms with E-state index in [9.17, 15) is 14.9 Å². The van der Waals surface area contributed by atoms with Gasteiger partial charge in [-0.15, -0.1) is 0 Å². The minimum Gasteiger partial charge on any atom is -0.495 e. The molecule has 0 radical (unpaired) electrons. The SMILES string of the molecule is COc1cc(NCc2ccc(C(N)=O)cc2[N+](=O)[O-])c(OC)cc1Cl. The number of benzene rings is 2. The number of nitro benzene ring substituents is 1. The van der Waals surface area contributed by atoms with Crippen LogP contribution in [0.1, 0.15) is 15.9 Å². The van der Waals surface area contributed by atoms with Gasteiger partial charge in [-0.1, -0.05) is 11.6 Å². The van der Waals surface area contributed by atoms with Crippen molar-refractivity contribution in [2.45, 2.75) is 6.54 Å². The lowest BCUT2D eigenvalue weighted by atomic mass is 10.1. The largest absolute Gasteiger partial charge is 0.495 e. The summed E-state index contributed by atoms with van der Waals surface area (Å²) in [5, 5.41) is 14.7. The Morgan fingerprint density at radius 3 is 2.48 bits per heavy atom. The van der Waals surface area contributed by atoms with Crippen LogP contribution in [0.4, 0.5) is 11.4 Å². The van der Waals surface area contributed by atoms with Crippen LogP contribution in [-0.2, 0) is 6.54 Å². The Labute approximate surface area is 148 Å². The molecule has 2 rings (SSSR count). The second-order valence-electron chi connectivity index (χ2n) is 5.01. The topological polar surface area (TPSA) is 117 Å². The van der Waals surface area contributed by atoms with Crippen LogP contribution in [0.15, 0.2) is 30.3 Å². The van der Waals surface area contributed by atoms with Gasteiger partial charge in [0.05, 0.1) is 29.9 Å². The van der Waals surface area contributed by atoms with Gasteiger partial charge in [0.2, 0.25) is 5.91 Å². The van der Waals surface area contributed by atoms with Crippen LogP contribution < -0.4 is 20.5 Å². The molecule has 8 nitrogen and oxygen atoms in total. The predicted molar refractivity (Wildman–Crippen MR) is 93.5 cm³/mol. The lowest BCUT2D eigenvalue weighted by Crippen LogP contribution is -2.12. The van der Waals surface area contributed by atoms with Crippen molar-refractivity contribution in [3.8, 4) is 11.5 Å². The lowest BCUT2D eigenvalue weighted by molar-refractivity contribution is -0.385. The fourth-order valence-electron chi connectivity index (χ4n) is 2.23. The molecule has 9 heteroatoms. The van der Waals surface area contributed by atoms with Crippen molar-refractivity contribution in [3.05, 3.63) is 56.6 Å². The van der Waals surface area contributed by atoms with Crippen LogP contribution in [0, 0.1) is 10.1 Å². The Hall–Kier alpha value is -3.00. The third kappa shape index (κ3) is 4.10. The van der Waals surface area contributed by atoms with E-state index in [1.807, 2.05) is 0 Å². The van der Waals surface area contributed by atoms with Crippen molar-refractivity contribution in [1.82, 2.24) is 0 Å². The summed E-state index contributed by atoms with van der Waals surface area (Å²) in [6, 6.07) is 7.27. The number of nitrogens with two attached hydrogens (primary N) is 1. The molecule has 0 aromatic heterocycles. The summed E-state index contributed by atoms with van der Waals surface area (Å²) in [6.07, 6.45) is 0. The third-order valence-corrected chi connectivity index (χ3v) is 3.81. The number of methoxy groups -OCH3 is 2. The minimum absolute atomic E-state index is 0.0705. The van der Waals surface area contributed by atoms with E-state index >= 15 is 0 Å². The molecule has 0 unspecified atom stereocenters. The molecule has 0 aliphatic heterocycles. The van der Waals surface area contributed by atoms with Crippen LogP contribution in [0.25, 0.3) is 0 Å². The molecular formula is C16H16ClN3O5. The number of ether oxygens (including phenoxy) is 2.